The maximum absolute atomic E-state index is 2.54. The van der Waals surface area contributed by atoms with Gasteiger partial charge in [0, 0.05) is 49.8 Å². The maximum atomic E-state index is 2.54. The van der Waals surface area contributed by atoms with Crippen LogP contribution >= 0.6 is 11.8 Å². The molecule has 11 rings (SSSR count). The summed E-state index contributed by atoms with van der Waals surface area (Å²) in [5, 5.41) is 2.75. The van der Waals surface area contributed by atoms with Crippen LogP contribution in [-0.4, -0.2) is 5.25 Å². The van der Waals surface area contributed by atoms with Gasteiger partial charge in [0.1, 0.15) is 0 Å². The van der Waals surface area contributed by atoms with E-state index in [0.717, 1.165) is 22.7 Å². The molecule has 1 heterocycles. The summed E-state index contributed by atoms with van der Waals surface area (Å²) in [7, 11) is 0. The van der Waals surface area contributed by atoms with Gasteiger partial charge in [0.15, 0.2) is 0 Å². The van der Waals surface area contributed by atoms with E-state index in [1.807, 2.05) is 11.8 Å². The standard InChI is InChI=1S/C56H40N2S/c1-5-17-39(18-6-1)41-29-33-45(34-30-41)57(43-21-9-3-10-22-43)52-37-51-55-49-27-15-13-25-47(49)53(38-54(55)59-56(51)50-28-16-14-26-48(50)52)58(44-23-11-4-12-24-44)46-35-31-42(32-36-46)40-19-7-2-8-20-40/h1-38,54-55H. The van der Waals surface area contributed by atoms with E-state index in [1.165, 1.54) is 66.0 Å². The van der Waals surface area contributed by atoms with E-state index in [0.29, 0.717) is 0 Å². The smallest absolute Gasteiger partial charge is 0.0543 e. The van der Waals surface area contributed by atoms with Crippen molar-refractivity contribution in [1.29, 1.82) is 0 Å². The van der Waals surface area contributed by atoms with Crippen LogP contribution in [-0.2, 0) is 0 Å². The van der Waals surface area contributed by atoms with Crippen LogP contribution in [0.1, 0.15) is 22.6 Å². The first-order valence-electron chi connectivity index (χ1n) is 20.3. The van der Waals surface area contributed by atoms with Gasteiger partial charge in [0.25, 0.3) is 0 Å². The van der Waals surface area contributed by atoms with Gasteiger partial charge in [-0.2, -0.15) is 0 Å². The van der Waals surface area contributed by atoms with Crippen molar-refractivity contribution in [3.8, 4) is 22.3 Å². The number of nitrogens with zero attached hydrogens (tertiary/aromatic N) is 2. The number of para-hydroxylation sites is 2. The largest absolute Gasteiger partial charge is 0.310 e. The van der Waals surface area contributed by atoms with Crippen LogP contribution in [0.15, 0.2) is 235 Å². The van der Waals surface area contributed by atoms with Gasteiger partial charge >= 0.3 is 0 Å². The quantitative estimate of drug-likeness (QED) is 0.152. The van der Waals surface area contributed by atoms with Crippen molar-refractivity contribution in [3.05, 3.63) is 247 Å². The molecule has 9 aromatic carbocycles. The molecule has 0 spiro atoms. The Balaban J connectivity index is 1.06. The molecule has 0 N–H and O–H groups in total. The summed E-state index contributed by atoms with van der Waals surface area (Å²) in [5.41, 5.74) is 15.8. The molecule has 1 aliphatic carbocycles. The Morgan fingerprint density at radius 2 is 0.797 bits per heavy atom. The van der Waals surface area contributed by atoms with Crippen LogP contribution in [0.3, 0.4) is 0 Å². The Bertz CT molecular complexity index is 2940. The summed E-state index contributed by atoms with van der Waals surface area (Å²) in [5.74, 6) is 0.189. The Morgan fingerprint density at radius 1 is 0.356 bits per heavy atom. The van der Waals surface area contributed by atoms with E-state index >= 15 is 0 Å². The second kappa shape index (κ2) is 15.0. The summed E-state index contributed by atoms with van der Waals surface area (Å²) < 4.78 is 0. The number of hydrogen-bond donors (Lipinski definition) is 0. The summed E-state index contributed by atoms with van der Waals surface area (Å²) in [4.78, 5) is 6.27. The summed E-state index contributed by atoms with van der Waals surface area (Å²) >= 11 is 2.01. The first-order chi connectivity index (χ1) is 29.3. The maximum Gasteiger partial charge on any atom is 0.0543 e. The summed E-state index contributed by atoms with van der Waals surface area (Å²) in [6, 6.07) is 81.6. The van der Waals surface area contributed by atoms with Gasteiger partial charge in [0.05, 0.1) is 11.4 Å². The third-order valence-corrected chi connectivity index (χ3v) is 13.2. The molecule has 0 saturated heterocycles. The topological polar surface area (TPSA) is 6.48 Å². The SMILES string of the molecule is C1=C(N(c2ccccc2)c2ccc(-c3ccccc3)cc2)c2ccccc2C2c3cc(N(c4ccccc4)c4ccc(-c5ccccc5)cc4)c4ccccc4c3SC12. The van der Waals surface area contributed by atoms with Crippen LogP contribution in [0, 0.1) is 0 Å². The van der Waals surface area contributed by atoms with Gasteiger partial charge < -0.3 is 9.80 Å². The van der Waals surface area contributed by atoms with Crippen molar-refractivity contribution in [2.75, 3.05) is 9.80 Å². The van der Waals surface area contributed by atoms with Crippen molar-refractivity contribution in [2.24, 2.45) is 0 Å². The van der Waals surface area contributed by atoms with E-state index in [9.17, 15) is 0 Å². The Kier molecular flexibility index (Phi) is 8.94. The molecule has 0 saturated carbocycles. The molecule has 2 aliphatic rings. The molecule has 2 unspecified atom stereocenters. The molecule has 0 fully saturated rings. The van der Waals surface area contributed by atoms with Crippen LogP contribution in [0.25, 0.3) is 38.7 Å². The molecule has 3 heteroatoms. The lowest BCUT2D eigenvalue weighted by Crippen LogP contribution is -2.24. The molecule has 280 valence electrons. The average Bonchev–Trinajstić information content (AvgIpc) is 3.70. The molecular weight excluding hydrogens is 733 g/mol. The van der Waals surface area contributed by atoms with Crippen LogP contribution in [0.2, 0.25) is 0 Å². The first-order valence-corrected chi connectivity index (χ1v) is 21.2. The number of benzene rings is 9. The van der Waals surface area contributed by atoms with Crippen LogP contribution < -0.4 is 9.80 Å². The van der Waals surface area contributed by atoms with Gasteiger partial charge in [-0.1, -0.05) is 170 Å². The zero-order valence-electron chi connectivity index (χ0n) is 32.4. The van der Waals surface area contributed by atoms with Crippen molar-refractivity contribution in [1.82, 2.24) is 0 Å². The number of anilines is 5. The van der Waals surface area contributed by atoms with Crippen molar-refractivity contribution < 1.29 is 0 Å². The predicted molar refractivity (Wildman–Crippen MR) is 250 cm³/mol. The summed E-state index contributed by atoms with van der Waals surface area (Å²) in [6.45, 7) is 0. The zero-order chi connectivity index (χ0) is 39.1. The van der Waals surface area contributed by atoms with E-state index in [2.05, 4.69) is 240 Å². The lowest BCUT2D eigenvalue weighted by Gasteiger charge is -2.35. The highest BCUT2D eigenvalue weighted by molar-refractivity contribution is 8.00. The van der Waals surface area contributed by atoms with Gasteiger partial charge in [-0.25, -0.2) is 0 Å². The minimum atomic E-state index is 0.189. The van der Waals surface area contributed by atoms with Crippen LogP contribution in [0.4, 0.5) is 28.4 Å². The monoisotopic (exact) mass is 772 g/mol. The minimum Gasteiger partial charge on any atom is -0.310 e. The van der Waals surface area contributed by atoms with Gasteiger partial charge in [-0.05, 0) is 99.4 Å². The fourth-order valence-electron chi connectivity index (χ4n) is 9.07. The van der Waals surface area contributed by atoms with E-state index in [4.69, 9.17) is 0 Å². The number of hydrogen-bond acceptors (Lipinski definition) is 3. The lowest BCUT2D eigenvalue weighted by molar-refractivity contribution is 0.838. The lowest BCUT2D eigenvalue weighted by atomic mass is 9.79. The first kappa shape index (κ1) is 35.1. The minimum absolute atomic E-state index is 0.189. The Hall–Kier alpha value is -7.07. The van der Waals surface area contributed by atoms with Gasteiger partial charge in [-0.3, -0.25) is 0 Å². The highest BCUT2D eigenvalue weighted by Gasteiger charge is 2.41. The van der Waals surface area contributed by atoms with Gasteiger partial charge in [0.2, 0.25) is 0 Å². The normalized spacial score (nSPS) is 15.2. The summed E-state index contributed by atoms with van der Waals surface area (Å²) in [6.07, 6.45) is 2.54. The van der Waals surface area contributed by atoms with E-state index in [-0.39, 0.29) is 11.2 Å². The molecule has 2 nitrogen and oxygen atoms in total. The van der Waals surface area contributed by atoms with E-state index < -0.39 is 0 Å². The third kappa shape index (κ3) is 6.32. The zero-order valence-corrected chi connectivity index (χ0v) is 33.2. The number of fused-ring (bicyclic) bond motifs is 7. The number of rotatable bonds is 8. The molecule has 59 heavy (non-hydrogen) atoms. The average molecular weight is 773 g/mol. The fraction of sp³-hybridized carbons (Fsp3) is 0.0357. The van der Waals surface area contributed by atoms with Crippen molar-refractivity contribution >= 4 is 56.7 Å². The molecule has 0 aromatic heterocycles. The molecule has 0 bridgehead atoms. The molecule has 1 aliphatic heterocycles. The van der Waals surface area contributed by atoms with Crippen LogP contribution in [0.5, 0.6) is 0 Å². The highest BCUT2D eigenvalue weighted by Crippen LogP contribution is 2.58. The third-order valence-electron chi connectivity index (χ3n) is 11.8. The second-order valence-corrected chi connectivity index (χ2v) is 16.4. The number of thioether (sulfide) groups is 1. The predicted octanol–water partition coefficient (Wildman–Crippen LogP) is 15.4. The van der Waals surface area contributed by atoms with Crippen molar-refractivity contribution in [2.45, 2.75) is 16.1 Å². The van der Waals surface area contributed by atoms with E-state index in [1.54, 1.807) is 0 Å². The fourth-order valence-corrected chi connectivity index (χ4v) is 10.6. The molecule has 9 aromatic rings. The molecular formula is C56H40N2S. The Labute approximate surface area is 350 Å². The van der Waals surface area contributed by atoms with Crippen molar-refractivity contribution in [3.63, 3.8) is 0 Å². The molecule has 2 atom stereocenters. The van der Waals surface area contributed by atoms with Gasteiger partial charge in [-0.15, -0.1) is 11.8 Å². The molecule has 0 amide bonds. The second-order valence-electron chi connectivity index (χ2n) is 15.2. The molecule has 0 radical (unpaired) electrons. The highest BCUT2D eigenvalue weighted by atomic mass is 32.2. The Morgan fingerprint density at radius 3 is 1.39 bits per heavy atom.